The predicted molar refractivity (Wildman–Crippen MR) is 119 cm³/mol. The minimum absolute atomic E-state index is 0.155. The Hall–Kier alpha value is -3.39. The number of pyridine rings is 1. The summed E-state index contributed by atoms with van der Waals surface area (Å²) in [6, 6.07) is 13.4. The zero-order chi connectivity index (χ0) is 20.3. The molecule has 5 rings (SSSR count). The Morgan fingerprint density at radius 2 is 1.77 bits per heavy atom. The quantitative estimate of drug-likeness (QED) is 0.531. The number of nitrogens with zero attached hydrogens (tertiary/aromatic N) is 5. The first kappa shape index (κ1) is 18.6. The van der Waals surface area contributed by atoms with Crippen molar-refractivity contribution in [3.63, 3.8) is 0 Å². The van der Waals surface area contributed by atoms with Gasteiger partial charge in [-0.05, 0) is 37.1 Å². The van der Waals surface area contributed by atoms with E-state index in [9.17, 15) is 4.79 Å². The molecule has 4 aromatic rings. The third-order valence-electron chi connectivity index (χ3n) is 4.99. The van der Waals surface area contributed by atoms with Crippen molar-refractivity contribution in [1.82, 2.24) is 19.9 Å². The normalized spacial score (nSPS) is 13.7. The van der Waals surface area contributed by atoms with Crippen LogP contribution in [0.4, 0.5) is 11.6 Å². The number of rotatable bonds is 5. The van der Waals surface area contributed by atoms with Crippen LogP contribution in [0.3, 0.4) is 0 Å². The average Bonchev–Trinajstić information content (AvgIpc) is 3.46. The number of benzene rings is 1. The Morgan fingerprint density at radius 3 is 2.53 bits per heavy atom. The number of hydrogen-bond donors (Lipinski definition) is 1. The molecule has 0 spiro atoms. The maximum atomic E-state index is 12.8. The molecule has 8 heteroatoms. The molecule has 4 heterocycles. The summed E-state index contributed by atoms with van der Waals surface area (Å²) in [5.74, 6) is 1.10. The average molecular weight is 417 g/mol. The summed E-state index contributed by atoms with van der Waals surface area (Å²) in [7, 11) is 0. The third-order valence-corrected chi connectivity index (χ3v) is 5.91. The molecule has 1 aliphatic rings. The van der Waals surface area contributed by atoms with E-state index in [1.165, 1.54) is 11.3 Å². The van der Waals surface area contributed by atoms with Gasteiger partial charge in [0, 0.05) is 24.7 Å². The summed E-state index contributed by atoms with van der Waals surface area (Å²) >= 11 is 1.49. The van der Waals surface area contributed by atoms with Gasteiger partial charge in [-0.15, -0.1) is 11.3 Å². The molecule has 1 aromatic carbocycles. The number of nitrogens with one attached hydrogen (secondary N) is 1. The van der Waals surface area contributed by atoms with Crippen LogP contribution in [0, 0.1) is 0 Å². The first-order valence-electron chi connectivity index (χ1n) is 9.94. The highest BCUT2D eigenvalue weighted by Crippen LogP contribution is 2.28. The SMILES string of the molecule is O=C(Cc1csc(-c2ccccn2)n1)Nc1nc2ccccc2nc1N1CCCC1. The topological polar surface area (TPSA) is 83.9 Å². The first-order chi connectivity index (χ1) is 14.8. The molecule has 30 heavy (non-hydrogen) atoms. The van der Waals surface area contributed by atoms with Crippen LogP contribution in [-0.2, 0) is 11.2 Å². The molecule has 1 fully saturated rings. The van der Waals surface area contributed by atoms with Crippen LogP contribution in [-0.4, -0.2) is 38.9 Å². The maximum Gasteiger partial charge on any atom is 0.231 e. The number of hydrogen-bond acceptors (Lipinski definition) is 7. The molecule has 0 unspecified atom stereocenters. The largest absolute Gasteiger partial charge is 0.354 e. The second-order valence-corrected chi connectivity index (χ2v) is 8.02. The van der Waals surface area contributed by atoms with Crippen LogP contribution in [0.2, 0.25) is 0 Å². The highest BCUT2D eigenvalue weighted by molar-refractivity contribution is 7.13. The highest BCUT2D eigenvalue weighted by atomic mass is 32.1. The molecule has 1 aliphatic heterocycles. The lowest BCUT2D eigenvalue weighted by Gasteiger charge is -2.20. The van der Waals surface area contributed by atoms with E-state index in [-0.39, 0.29) is 12.3 Å². The van der Waals surface area contributed by atoms with Crippen molar-refractivity contribution in [3.05, 3.63) is 59.7 Å². The molecule has 0 radical (unpaired) electrons. The second kappa shape index (κ2) is 8.16. The molecule has 0 bridgehead atoms. The molecule has 1 saturated heterocycles. The Kier molecular flexibility index (Phi) is 5.06. The molecule has 0 atom stereocenters. The minimum Gasteiger partial charge on any atom is -0.354 e. The van der Waals surface area contributed by atoms with Gasteiger partial charge in [-0.2, -0.15) is 0 Å². The van der Waals surface area contributed by atoms with Gasteiger partial charge in [0.1, 0.15) is 5.01 Å². The lowest BCUT2D eigenvalue weighted by atomic mass is 10.3. The van der Waals surface area contributed by atoms with Gasteiger partial charge in [0.25, 0.3) is 0 Å². The number of amides is 1. The summed E-state index contributed by atoms with van der Waals surface area (Å²) in [6.07, 6.45) is 4.16. The van der Waals surface area contributed by atoms with Crippen LogP contribution < -0.4 is 10.2 Å². The fourth-order valence-electron chi connectivity index (χ4n) is 3.56. The lowest BCUT2D eigenvalue weighted by Crippen LogP contribution is -2.24. The van der Waals surface area contributed by atoms with E-state index in [2.05, 4.69) is 20.2 Å². The third kappa shape index (κ3) is 3.86. The molecule has 7 nitrogen and oxygen atoms in total. The van der Waals surface area contributed by atoms with E-state index in [1.807, 2.05) is 47.8 Å². The van der Waals surface area contributed by atoms with E-state index < -0.39 is 0 Å². The number of thiazole rings is 1. The van der Waals surface area contributed by atoms with Gasteiger partial charge in [-0.3, -0.25) is 9.78 Å². The number of carbonyl (C=O) groups is 1. The molecular weight excluding hydrogens is 396 g/mol. The second-order valence-electron chi connectivity index (χ2n) is 7.16. The molecule has 150 valence electrons. The van der Waals surface area contributed by atoms with Gasteiger partial charge in [-0.1, -0.05) is 18.2 Å². The fraction of sp³-hybridized carbons (Fsp3) is 0.227. The highest BCUT2D eigenvalue weighted by Gasteiger charge is 2.21. The van der Waals surface area contributed by atoms with Gasteiger partial charge in [-0.25, -0.2) is 15.0 Å². The van der Waals surface area contributed by atoms with Crippen molar-refractivity contribution in [1.29, 1.82) is 0 Å². The number of carbonyl (C=O) groups excluding carboxylic acids is 1. The van der Waals surface area contributed by atoms with E-state index in [0.717, 1.165) is 59.2 Å². The Labute approximate surface area is 177 Å². The summed E-state index contributed by atoms with van der Waals surface area (Å²) in [5, 5.41) is 5.68. The van der Waals surface area contributed by atoms with Gasteiger partial charge < -0.3 is 10.2 Å². The van der Waals surface area contributed by atoms with Gasteiger partial charge >= 0.3 is 0 Å². The number of fused-ring (bicyclic) bond motifs is 1. The molecule has 0 aliphatic carbocycles. The molecular formula is C22H20N6OS. The van der Waals surface area contributed by atoms with Crippen LogP contribution in [0.5, 0.6) is 0 Å². The van der Waals surface area contributed by atoms with Crippen molar-refractivity contribution in [2.45, 2.75) is 19.3 Å². The van der Waals surface area contributed by atoms with E-state index in [0.29, 0.717) is 5.82 Å². The monoisotopic (exact) mass is 416 g/mol. The molecule has 0 saturated carbocycles. The smallest absolute Gasteiger partial charge is 0.231 e. The van der Waals surface area contributed by atoms with Crippen molar-refractivity contribution in [2.24, 2.45) is 0 Å². The molecule has 1 N–H and O–H groups in total. The van der Waals surface area contributed by atoms with Crippen molar-refractivity contribution < 1.29 is 4.79 Å². The van der Waals surface area contributed by atoms with Crippen molar-refractivity contribution in [3.8, 4) is 10.7 Å². The van der Waals surface area contributed by atoms with E-state index >= 15 is 0 Å². The van der Waals surface area contributed by atoms with Crippen molar-refractivity contribution in [2.75, 3.05) is 23.3 Å². The van der Waals surface area contributed by atoms with E-state index in [4.69, 9.17) is 9.97 Å². The van der Waals surface area contributed by atoms with Gasteiger partial charge in [0.15, 0.2) is 11.6 Å². The molecule has 1 amide bonds. The van der Waals surface area contributed by atoms with Crippen LogP contribution in [0.25, 0.3) is 21.7 Å². The molecule has 3 aromatic heterocycles. The predicted octanol–water partition coefficient (Wildman–Crippen LogP) is 3.93. The maximum absolute atomic E-state index is 12.8. The van der Waals surface area contributed by atoms with Crippen LogP contribution in [0.1, 0.15) is 18.5 Å². The number of aromatic nitrogens is 4. The standard InChI is InChI=1S/C22H20N6OS/c29-19(13-15-14-30-22(24-15)18-9-3-4-10-23-18)27-20-21(28-11-5-6-12-28)26-17-8-2-1-7-16(17)25-20/h1-4,7-10,14H,5-6,11-13H2,(H,25,27,29). The summed E-state index contributed by atoms with van der Waals surface area (Å²) in [5.41, 5.74) is 3.12. The summed E-state index contributed by atoms with van der Waals surface area (Å²) in [4.78, 5) is 33.3. The Balaban J connectivity index is 1.38. The van der Waals surface area contributed by atoms with Gasteiger partial charge in [0.2, 0.25) is 5.91 Å². The number of anilines is 2. The summed E-state index contributed by atoms with van der Waals surface area (Å²) < 4.78 is 0. The van der Waals surface area contributed by atoms with Crippen molar-refractivity contribution >= 4 is 39.9 Å². The fourth-order valence-corrected chi connectivity index (χ4v) is 4.36. The van der Waals surface area contributed by atoms with E-state index in [1.54, 1.807) is 6.20 Å². The van der Waals surface area contributed by atoms with Crippen LogP contribution >= 0.6 is 11.3 Å². The number of para-hydroxylation sites is 2. The minimum atomic E-state index is -0.155. The zero-order valence-electron chi connectivity index (χ0n) is 16.3. The zero-order valence-corrected chi connectivity index (χ0v) is 17.1. The summed E-state index contributed by atoms with van der Waals surface area (Å²) in [6.45, 7) is 1.85. The first-order valence-corrected chi connectivity index (χ1v) is 10.8. The Bertz CT molecular complexity index is 1190. The van der Waals surface area contributed by atoms with Crippen LogP contribution in [0.15, 0.2) is 54.0 Å². The Morgan fingerprint density at radius 1 is 1.00 bits per heavy atom. The lowest BCUT2D eigenvalue weighted by molar-refractivity contribution is -0.115. The van der Waals surface area contributed by atoms with Gasteiger partial charge in [0.05, 0.1) is 28.8 Å².